The summed E-state index contributed by atoms with van der Waals surface area (Å²) >= 11 is 1.34. The van der Waals surface area contributed by atoms with E-state index in [-0.39, 0.29) is 16.0 Å². The molecule has 2 aliphatic rings. The van der Waals surface area contributed by atoms with Crippen LogP contribution in [0, 0.1) is 0 Å². The van der Waals surface area contributed by atoms with E-state index in [2.05, 4.69) is 24.5 Å². The number of nitrogens with zero attached hydrogens (tertiary/aromatic N) is 1. The molecule has 2 aliphatic heterocycles. The summed E-state index contributed by atoms with van der Waals surface area (Å²) < 4.78 is 28.0. The lowest BCUT2D eigenvalue weighted by Crippen LogP contribution is -2.55. The Hall–Kier alpha value is -3.05. The van der Waals surface area contributed by atoms with Crippen LogP contribution in [0.4, 0.5) is 5.00 Å². The first-order chi connectivity index (χ1) is 17.8. The molecule has 0 saturated carbocycles. The van der Waals surface area contributed by atoms with Gasteiger partial charge in [-0.3, -0.25) is 9.59 Å². The molecule has 10 heteroatoms. The summed E-state index contributed by atoms with van der Waals surface area (Å²) in [7, 11) is -3.71. The molecule has 0 aliphatic carbocycles. The highest BCUT2D eigenvalue weighted by molar-refractivity contribution is 7.89. The fourth-order valence-corrected chi connectivity index (χ4v) is 8.35. The largest absolute Gasteiger partial charge is 0.365 e. The van der Waals surface area contributed by atoms with Gasteiger partial charge in [0.1, 0.15) is 5.00 Å². The number of anilines is 1. The molecule has 0 atom stereocenters. The summed E-state index contributed by atoms with van der Waals surface area (Å²) in [6.45, 7) is 8.94. The van der Waals surface area contributed by atoms with Crippen LogP contribution in [0.2, 0.25) is 0 Å². The predicted molar refractivity (Wildman–Crippen MR) is 149 cm³/mol. The van der Waals surface area contributed by atoms with Gasteiger partial charge in [0.15, 0.2) is 0 Å². The molecule has 2 amide bonds. The number of thiophene rings is 1. The molecule has 0 spiro atoms. The SMILES string of the molecule is CC1(C)Cc2c(sc(NC(=O)c3ccc(S(=O)(=O)N4CCc5ccccc5C4)cc3)c2C(N)=O)C(C)(C)N1. The Labute approximate surface area is 227 Å². The molecule has 5 rings (SSSR count). The van der Waals surface area contributed by atoms with Gasteiger partial charge < -0.3 is 16.4 Å². The van der Waals surface area contributed by atoms with Gasteiger partial charge in [-0.25, -0.2) is 8.42 Å². The van der Waals surface area contributed by atoms with E-state index in [1.165, 1.54) is 45.5 Å². The topological polar surface area (TPSA) is 122 Å². The molecule has 38 heavy (non-hydrogen) atoms. The van der Waals surface area contributed by atoms with Gasteiger partial charge in [0.05, 0.1) is 10.5 Å². The number of nitrogens with one attached hydrogen (secondary N) is 2. The number of carbonyl (C=O) groups is 2. The molecule has 3 aromatic rings. The van der Waals surface area contributed by atoms with E-state index >= 15 is 0 Å². The van der Waals surface area contributed by atoms with E-state index < -0.39 is 27.4 Å². The monoisotopic (exact) mass is 552 g/mol. The summed E-state index contributed by atoms with van der Waals surface area (Å²) in [6.07, 6.45) is 1.26. The molecule has 3 heterocycles. The first kappa shape index (κ1) is 26.6. The Bertz CT molecular complexity index is 1540. The van der Waals surface area contributed by atoms with Crippen molar-refractivity contribution in [1.82, 2.24) is 9.62 Å². The number of benzene rings is 2. The maximum atomic E-state index is 13.3. The van der Waals surface area contributed by atoms with Crippen LogP contribution < -0.4 is 16.4 Å². The number of sulfonamides is 1. The van der Waals surface area contributed by atoms with Crippen LogP contribution in [0.15, 0.2) is 53.4 Å². The van der Waals surface area contributed by atoms with Crippen LogP contribution in [-0.4, -0.2) is 36.6 Å². The first-order valence-corrected chi connectivity index (χ1v) is 14.8. The van der Waals surface area contributed by atoms with Gasteiger partial charge in [0.2, 0.25) is 10.0 Å². The summed E-state index contributed by atoms with van der Waals surface area (Å²) in [5.74, 6) is -1.03. The molecule has 200 valence electrons. The molecule has 2 aromatic carbocycles. The zero-order valence-electron chi connectivity index (χ0n) is 21.9. The maximum absolute atomic E-state index is 13.3. The number of hydrogen-bond acceptors (Lipinski definition) is 6. The van der Waals surface area contributed by atoms with Crippen LogP contribution in [0.1, 0.15) is 70.0 Å². The van der Waals surface area contributed by atoms with Crippen molar-refractivity contribution >= 4 is 38.2 Å². The van der Waals surface area contributed by atoms with E-state index in [0.29, 0.717) is 36.5 Å². The normalized spacial score (nSPS) is 18.3. The lowest BCUT2D eigenvalue weighted by molar-refractivity contribution is 0.0999. The van der Waals surface area contributed by atoms with Gasteiger partial charge in [-0.2, -0.15) is 4.31 Å². The first-order valence-electron chi connectivity index (χ1n) is 12.5. The number of carbonyl (C=O) groups excluding carboxylic acids is 2. The highest BCUT2D eigenvalue weighted by Gasteiger charge is 2.41. The second-order valence-electron chi connectivity index (χ2n) is 11.1. The summed E-state index contributed by atoms with van der Waals surface area (Å²) in [5.41, 5.74) is 8.77. The fraction of sp³-hybridized carbons (Fsp3) is 0.357. The standard InChI is InChI=1S/C28H32N4O4S2/c1-27(2)15-21-22(24(29)33)26(37-23(21)28(3,4)31-27)30-25(34)18-9-11-20(12-10-18)38(35,36)32-14-13-17-7-5-6-8-19(17)16-32/h5-12,31H,13-16H2,1-4H3,(H2,29,33)(H,30,34). The number of primary amides is 1. The van der Waals surface area contributed by atoms with E-state index in [0.717, 1.165) is 16.0 Å². The highest BCUT2D eigenvalue weighted by Crippen LogP contribution is 2.45. The van der Waals surface area contributed by atoms with Crippen LogP contribution in [0.25, 0.3) is 0 Å². The zero-order valence-corrected chi connectivity index (χ0v) is 23.6. The summed E-state index contributed by atoms with van der Waals surface area (Å²) in [4.78, 5) is 26.7. The van der Waals surface area contributed by atoms with Gasteiger partial charge in [-0.1, -0.05) is 24.3 Å². The minimum absolute atomic E-state index is 0.132. The minimum Gasteiger partial charge on any atom is -0.365 e. The van der Waals surface area contributed by atoms with E-state index in [9.17, 15) is 18.0 Å². The number of fused-ring (bicyclic) bond motifs is 2. The summed E-state index contributed by atoms with van der Waals surface area (Å²) in [5, 5.41) is 6.85. The fourth-order valence-electron chi connectivity index (χ4n) is 5.65. The lowest BCUT2D eigenvalue weighted by atomic mass is 9.81. The Morgan fingerprint density at radius 2 is 1.68 bits per heavy atom. The van der Waals surface area contributed by atoms with Crippen molar-refractivity contribution in [2.75, 3.05) is 11.9 Å². The molecular formula is C28H32N4O4S2. The van der Waals surface area contributed by atoms with Crippen LogP contribution in [0.3, 0.4) is 0 Å². The van der Waals surface area contributed by atoms with Gasteiger partial charge >= 0.3 is 0 Å². The van der Waals surface area contributed by atoms with Crippen LogP contribution >= 0.6 is 11.3 Å². The van der Waals surface area contributed by atoms with Crippen LogP contribution in [0.5, 0.6) is 0 Å². The maximum Gasteiger partial charge on any atom is 0.256 e. The molecule has 0 unspecified atom stereocenters. The Morgan fingerprint density at radius 1 is 1.03 bits per heavy atom. The number of hydrogen-bond donors (Lipinski definition) is 3. The van der Waals surface area contributed by atoms with Crippen molar-refractivity contribution in [2.45, 2.75) is 63.1 Å². The molecule has 0 saturated heterocycles. The second-order valence-corrected chi connectivity index (χ2v) is 14.1. The van der Waals surface area contributed by atoms with Gasteiger partial charge in [0, 0.05) is 34.6 Å². The predicted octanol–water partition coefficient (Wildman–Crippen LogP) is 4.01. The molecule has 0 radical (unpaired) electrons. The van der Waals surface area contributed by atoms with Gasteiger partial charge in [0.25, 0.3) is 11.8 Å². The molecule has 8 nitrogen and oxygen atoms in total. The average Bonchev–Trinajstić information content (AvgIpc) is 3.21. The number of amides is 2. The zero-order chi connectivity index (χ0) is 27.5. The molecule has 0 fully saturated rings. The average molecular weight is 553 g/mol. The third-order valence-electron chi connectivity index (χ3n) is 7.17. The van der Waals surface area contributed by atoms with E-state index in [1.54, 1.807) is 0 Å². The quantitative estimate of drug-likeness (QED) is 0.442. The Kier molecular flexibility index (Phi) is 6.50. The van der Waals surface area contributed by atoms with Crippen molar-refractivity contribution in [2.24, 2.45) is 5.73 Å². The number of nitrogens with two attached hydrogens (primary N) is 1. The highest BCUT2D eigenvalue weighted by atomic mass is 32.2. The molecule has 1 aromatic heterocycles. The van der Waals surface area contributed by atoms with Crippen molar-refractivity contribution in [1.29, 1.82) is 0 Å². The molecule has 4 N–H and O–H groups in total. The van der Waals surface area contributed by atoms with Crippen molar-refractivity contribution in [3.63, 3.8) is 0 Å². The molecular weight excluding hydrogens is 520 g/mol. The number of rotatable bonds is 5. The molecule has 0 bridgehead atoms. The van der Waals surface area contributed by atoms with Gasteiger partial charge in [-0.05, 0) is 81.5 Å². The summed E-state index contributed by atoms with van der Waals surface area (Å²) in [6, 6.07) is 13.7. The van der Waals surface area contributed by atoms with Crippen LogP contribution in [-0.2, 0) is 34.9 Å². The van der Waals surface area contributed by atoms with Crippen molar-refractivity contribution < 1.29 is 18.0 Å². The Morgan fingerprint density at radius 3 is 2.34 bits per heavy atom. The van der Waals surface area contributed by atoms with E-state index in [4.69, 9.17) is 5.73 Å². The smallest absolute Gasteiger partial charge is 0.256 e. The minimum atomic E-state index is -3.71. The third kappa shape index (κ3) is 4.77. The van der Waals surface area contributed by atoms with Gasteiger partial charge in [-0.15, -0.1) is 11.3 Å². The lowest BCUT2D eigenvalue weighted by Gasteiger charge is -2.42. The van der Waals surface area contributed by atoms with Crippen molar-refractivity contribution in [3.8, 4) is 0 Å². The Balaban J connectivity index is 1.38. The van der Waals surface area contributed by atoms with Crippen molar-refractivity contribution in [3.05, 3.63) is 81.2 Å². The second kappa shape index (κ2) is 9.30. The van der Waals surface area contributed by atoms with E-state index in [1.807, 2.05) is 38.1 Å². The third-order valence-corrected chi connectivity index (χ3v) is 10.5.